The average molecular weight is 384 g/mol. The highest BCUT2D eigenvalue weighted by atomic mass is 32.1. The molecule has 0 bridgehead atoms. The highest BCUT2D eigenvalue weighted by Gasteiger charge is 2.37. The lowest BCUT2D eigenvalue weighted by atomic mass is 10.1. The lowest BCUT2D eigenvalue weighted by molar-refractivity contribution is -0.122. The zero-order chi connectivity index (χ0) is 19.0. The number of benzene rings is 1. The fourth-order valence-corrected chi connectivity index (χ4v) is 4.14. The molecule has 3 heterocycles. The van der Waals surface area contributed by atoms with Crippen LogP contribution in [0.4, 0.5) is 10.9 Å². The van der Waals surface area contributed by atoms with Crippen molar-refractivity contribution in [2.45, 2.75) is 26.7 Å². The molecule has 3 aromatic rings. The molecule has 0 radical (unpaired) electrons. The summed E-state index contributed by atoms with van der Waals surface area (Å²) in [6, 6.07) is 7.62. The number of hydrogen-bond acceptors (Lipinski definition) is 6. The summed E-state index contributed by atoms with van der Waals surface area (Å²) in [6.07, 6.45) is 0.986. The summed E-state index contributed by atoms with van der Waals surface area (Å²) in [5.41, 5.74) is 0.861. The quantitative estimate of drug-likeness (QED) is 0.704. The number of carbonyl (C=O) groups is 2. The van der Waals surface area contributed by atoms with E-state index in [1.54, 1.807) is 4.90 Å². The van der Waals surface area contributed by atoms with Crippen LogP contribution in [-0.2, 0) is 16.0 Å². The van der Waals surface area contributed by atoms with Crippen molar-refractivity contribution in [3.05, 3.63) is 29.3 Å². The molecule has 1 fully saturated rings. The smallest absolute Gasteiger partial charge is 0.231 e. The number of fused-ring (bicyclic) bond motifs is 1. The van der Waals surface area contributed by atoms with E-state index < -0.39 is 5.92 Å². The van der Waals surface area contributed by atoms with E-state index in [0.29, 0.717) is 23.4 Å². The number of aromatic nitrogens is 4. The molecular weight excluding hydrogens is 364 g/mol. The highest BCUT2D eigenvalue weighted by molar-refractivity contribution is 7.15. The monoisotopic (exact) mass is 384 g/mol. The van der Waals surface area contributed by atoms with E-state index in [4.69, 9.17) is 0 Å². The predicted molar refractivity (Wildman–Crippen MR) is 104 cm³/mol. The van der Waals surface area contributed by atoms with Crippen LogP contribution in [0.5, 0.6) is 0 Å². The zero-order valence-electron chi connectivity index (χ0n) is 15.1. The molecule has 0 aliphatic carbocycles. The first kappa shape index (κ1) is 17.6. The van der Waals surface area contributed by atoms with Gasteiger partial charge in [-0.2, -0.15) is 5.10 Å². The number of carbonyl (C=O) groups excluding carboxylic acids is 2. The van der Waals surface area contributed by atoms with Crippen molar-refractivity contribution in [2.75, 3.05) is 16.8 Å². The number of aromatic amines is 1. The first-order valence-corrected chi connectivity index (χ1v) is 9.69. The maximum absolute atomic E-state index is 12.6. The molecule has 8 nitrogen and oxygen atoms in total. The van der Waals surface area contributed by atoms with Crippen LogP contribution in [0.15, 0.2) is 24.3 Å². The topological polar surface area (TPSA) is 104 Å². The van der Waals surface area contributed by atoms with Crippen LogP contribution in [0.25, 0.3) is 10.9 Å². The van der Waals surface area contributed by atoms with Crippen LogP contribution in [0.2, 0.25) is 0 Å². The predicted octanol–water partition coefficient (Wildman–Crippen LogP) is 2.60. The molecule has 1 saturated heterocycles. The minimum atomic E-state index is -0.439. The van der Waals surface area contributed by atoms with E-state index >= 15 is 0 Å². The van der Waals surface area contributed by atoms with E-state index in [2.05, 4.69) is 39.6 Å². The summed E-state index contributed by atoms with van der Waals surface area (Å²) >= 11 is 1.38. The van der Waals surface area contributed by atoms with Crippen molar-refractivity contribution in [2.24, 2.45) is 11.8 Å². The van der Waals surface area contributed by atoms with Gasteiger partial charge in [-0.05, 0) is 18.1 Å². The number of amides is 2. The third kappa shape index (κ3) is 3.55. The lowest BCUT2D eigenvalue weighted by Gasteiger charge is -2.13. The normalized spacial score (nSPS) is 17.2. The van der Waals surface area contributed by atoms with Gasteiger partial charge in [0.05, 0.1) is 11.4 Å². The summed E-state index contributed by atoms with van der Waals surface area (Å²) in [6.45, 7) is 4.52. The van der Waals surface area contributed by atoms with Crippen LogP contribution < -0.4 is 10.2 Å². The Labute approximate surface area is 160 Å². The molecule has 2 N–H and O–H groups in total. The fraction of sp³-hybridized carbons (Fsp3) is 0.389. The van der Waals surface area contributed by atoms with Crippen LogP contribution in [0.1, 0.15) is 25.3 Å². The molecule has 27 heavy (non-hydrogen) atoms. The first-order valence-electron chi connectivity index (χ1n) is 8.88. The average Bonchev–Trinajstić information content (AvgIpc) is 3.33. The van der Waals surface area contributed by atoms with Crippen molar-refractivity contribution in [3.63, 3.8) is 0 Å². The second-order valence-corrected chi connectivity index (χ2v) is 8.15. The van der Waals surface area contributed by atoms with Gasteiger partial charge in [-0.25, -0.2) is 0 Å². The lowest BCUT2D eigenvalue weighted by Crippen LogP contribution is -2.28. The number of para-hydroxylation sites is 1. The molecule has 4 rings (SSSR count). The number of rotatable bonds is 5. The summed E-state index contributed by atoms with van der Waals surface area (Å²) in [7, 11) is 0. The van der Waals surface area contributed by atoms with Crippen LogP contribution in [-0.4, -0.2) is 38.8 Å². The molecule has 1 aliphatic rings. The zero-order valence-corrected chi connectivity index (χ0v) is 15.9. The molecule has 2 amide bonds. The number of H-pyrrole nitrogens is 1. The first-order chi connectivity index (χ1) is 13.0. The van der Waals surface area contributed by atoms with E-state index in [9.17, 15) is 9.59 Å². The Morgan fingerprint density at radius 2 is 2.19 bits per heavy atom. The van der Waals surface area contributed by atoms with Crippen molar-refractivity contribution < 1.29 is 9.59 Å². The summed E-state index contributed by atoms with van der Waals surface area (Å²) < 4.78 is 0. The molecule has 2 aromatic heterocycles. The summed E-state index contributed by atoms with van der Waals surface area (Å²) in [5, 5.41) is 20.4. The number of anilines is 2. The van der Waals surface area contributed by atoms with Gasteiger partial charge in [0.15, 0.2) is 5.82 Å². The summed E-state index contributed by atoms with van der Waals surface area (Å²) in [4.78, 5) is 26.6. The van der Waals surface area contributed by atoms with Gasteiger partial charge >= 0.3 is 0 Å². The number of hydrogen-bond donors (Lipinski definition) is 2. The highest BCUT2D eigenvalue weighted by Crippen LogP contribution is 2.30. The molecule has 0 unspecified atom stereocenters. The second kappa shape index (κ2) is 7.07. The van der Waals surface area contributed by atoms with E-state index in [1.807, 2.05) is 24.3 Å². The van der Waals surface area contributed by atoms with Crippen molar-refractivity contribution >= 4 is 45.0 Å². The Hall–Kier alpha value is -2.81. The molecule has 9 heteroatoms. The van der Waals surface area contributed by atoms with Gasteiger partial charge < -0.3 is 5.32 Å². The van der Waals surface area contributed by atoms with Crippen molar-refractivity contribution in [1.82, 2.24) is 20.4 Å². The van der Waals surface area contributed by atoms with Gasteiger partial charge in [-0.15, -0.1) is 10.2 Å². The Balaban J connectivity index is 1.45. The molecule has 1 aromatic carbocycles. The van der Waals surface area contributed by atoms with E-state index in [-0.39, 0.29) is 18.2 Å². The molecule has 140 valence electrons. The van der Waals surface area contributed by atoms with Gasteiger partial charge in [0.2, 0.25) is 16.9 Å². The third-order valence-electron chi connectivity index (χ3n) is 4.48. The van der Waals surface area contributed by atoms with Gasteiger partial charge in [0.25, 0.3) is 0 Å². The SMILES string of the molecule is CC(C)Cc1nnc(NC(=O)[C@H]2CC(=O)N(c3n[nH]c4ccccc34)C2)s1. The molecular formula is C18H20N6O2S. The standard InChI is InChI=1S/C18H20N6O2S/c1-10(2)7-14-21-23-18(27-14)19-17(26)11-8-15(25)24(9-11)16-12-5-3-4-6-13(12)20-22-16/h3-6,10-11H,7-9H2,1-2H3,(H,20,22)(H,19,23,26)/t11-/m0/s1. The van der Waals surface area contributed by atoms with Gasteiger partial charge in [0, 0.05) is 24.8 Å². The molecule has 0 saturated carbocycles. The summed E-state index contributed by atoms with van der Waals surface area (Å²) in [5.74, 6) is 0.292. The maximum atomic E-state index is 12.6. The van der Waals surface area contributed by atoms with E-state index in [0.717, 1.165) is 22.3 Å². The van der Waals surface area contributed by atoms with Gasteiger partial charge in [-0.3, -0.25) is 19.6 Å². The number of nitrogens with zero attached hydrogens (tertiary/aromatic N) is 4. The maximum Gasteiger partial charge on any atom is 0.231 e. The number of nitrogens with one attached hydrogen (secondary N) is 2. The largest absolute Gasteiger partial charge is 0.300 e. The second-order valence-electron chi connectivity index (χ2n) is 7.09. The van der Waals surface area contributed by atoms with Crippen LogP contribution >= 0.6 is 11.3 Å². The molecule has 1 atom stereocenters. The minimum absolute atomic E-state index is 0.106. The third-order valence-corrected chi connectivity index (χ3v) is 5.34. The molecule has 0 spiro atoms. The molecule has 1 aliphatic heterocycles. The van der Waals surface area contributed by atoms with Gasteiger partial charge in [0.1, 0.15) is 5.01 Å². The minimum Gasteiger partial charge on any atom is -0.300 e. The Morgan fingerprint density at radius 1 is 1.37 bits per heavy atom. The van der Waals surface area contributed by atoms with E-state index in [1.165, 1.54) is 11.3 Å². The van der Waals surface area contributed by atoms with Crippen molar-refractivity contribution in [1.29, 1.82) is 0 Å². The van der Waals surface area contributed by atoms with Crippen LogP contribution in [0.3, 0.4) is 0 Å². The van der Waals surface area contributed by atoms with Crippen LogP contribution in [0, 0.1) is 11.8 Å². The Bertz CT molecular complexity index is 995. The van der Waals surface area contributed by atoms with Gasteiger partial charge in [-0.1, -0.05) is 37.3 Å². The van der Waals surface area contributed by atoms with Crippen molar-refractivity contribution in [3.8, 4) is 0 Å². The fourth-order valence-electron chi connectivity index (χ4n) is 3.19. The Morgan fingerprint density at radius 3 is 3.00 bits per heavy atom. The Kier molecular flexibility index (Phi) is 4.61.